The van der Waals surface area contributed by atoms with E-state index in [4.69, 9.17) is 0 Å². The number of anilines is 1. The number of urea groups is 1. The van der Waals surface area contributed by atoms with Gasteiger partial charge >= 0.3 is 6.03 Å². The molecule has 0 aliphatic rings. The summed E-state index contributed by atoms with van der Waals surface area (Å²) in [5, 5.41) is 15.2. The molecule has 3 aromatic rings. The normalized spacial score (nSPS) is 11.3. The van der Waals surface area contributed by atoms with Gasteiger partial charge in [-0.05, 0) is 62.7 Å². The Labute approximate surface area is 165 Å². The first-order chi connectivity index (χ1) is 12.9. The lowest BCUT2D eigenvalue weighted by Crippen LogP contribution is -2.25. The number of hydrogen-bond donors (Lipinski definition) is 2. The van der Waals surface area contributed by atoms with Crippen LogP contribution in [0.1, 0.15) is 23.9 Å². The molecule has 8 heteroatoms. The Bertz CT molecular complexity index is 994. The highest BCUT2D eigenvalue weighted by atomic mass is 79.9. The third kappa shape index (κ3) is 4.59. The molecule has 0 spiro atoms. The number of rotatable bonds is 4. The van der Waals surface area contributed by atoms with Crippen molar-refractivity contribution in [1.29, 1.82) is 0 Å². The van der Waals surface area contributed by atoms with Crippen LogP contribution in [0, 0.1) is 13.8 Å². The third-order valence-corrected chi connectivity index (χ3v) is 4.44. The number of aryl methyl sites for hydroxylation is 1. The first kappa shape index (κ1) is 18.8. The summed E-state index contributed by atoms with van der Waals surface area (Å²) in [4.78, 5) is 12.0. The minimum Gasteiger partial charge on any atom is -0.307 e. The van der Waals surface area contributed by atoms with E-state index >= 15 is 0 Å². The maximum absolute atomic E-state index is 12.0. The SMILES string of the molecule is C/C(=N\NC(=O)Nc1cccc(C)c1)c1nnn(-c2ccc(Br)cc2)c1C. The minimum atomic E-state index is -0.419. The highest BCUT2D eigenvalue weighted by Crippen LogP contribution is 2.16. The van der Waals surface area contributed by atoms with Gasteiger partial charge in [0.05, 0.1) is 17.1 Å². The first-order valence-electron chi connectivity index (χ1n) is 8.30. The van der Waals surface area contributed by atoms with Crippen molar-refractivity contribution in [1.82, 2.24) is 20.4 Å². The van der Waals surface area contributed by atoms with Crippen LogP contribution in [0.3, 0.4) is 0 Å². The van der Waals surface area contributed by atoms with E-state index in [0.717, 1.165) is 21.4 Å². The quantitative estimate of drug-likeness (QED) is 0.484. The summed E-state index contributed by atoms with van der Waals surface area (Å²) < 4.78 is 2.72. The number of nitrogens with zero attached hydrogens (tertiary/aromatic N) is 4. The molecule has 0 unspecified atom stereocenters. The summed E-state index contributed by atoms with van der Waals surface area (Å²) in [6.07, 6.45) is 0. The zero-order valence-electron chi connectivity index (χ0n) is 15.2. The van der Waals surface area contributed by atoms with Crippen LogP contribution in [0.2, 0.25) is 0 Å². The Morgan fingerprint density at radius 1 is 1.15 bits per heavy atom. The van der Waals surface area contributed by atoms with Crippen LogP contribution in [-0.4, -0.2) is 26.7 Å². The van der Waals surface area contributed by atoms with Crippen molar-refractivity contribution < 1.29 is 4.79 Å². The lowest BCUT2D eigenvalue weighted by Gasteiger charge is -2.06. The van der Waals surface area contributed by atoms with Crippen molar-refractivity contribution >= 4 is 33.4 Å². The fraction of sp³-hybridized carbons (Fsp3) is 0.158. The molecule has 0 aliphatic heterocycles. The van der Waals surface area contributed by atoms with E-state index in [1.54, 1.807) is 11.6 Å². The van der Waals surface area contributed by atoms with Crippen LogP contribution in [-0.2, 0) is 0 Å². The van der Waals surface area contributed by atoms with E-state index in [2.05, 4.69) is 42.1 Å². The van der Waals surface area contributed by atoms with E-state index in [1.807, 2.05) is 62.4 Å². The Hall–Kier alpha value is -3.00. The van der Waals surface area contributed by atoms with Crippen molar-refractivity contribution in [3.63, 3.8) is 0 Å². The molecule has 7 nitrogen and oxygen atoms in total. The number of aromatic nitrogens is 3. The van der Waals surface area contributed by atoms with E-state index in [1.165, 1.54) is 0 Å². The number of amides is 2. The number of carbonyl (C=O) groups excluding carboxylic acids is 1. The zero-order valence-corrected chi connectivity index (χ0v) is 16.8. The van der Waals surface area contributed by atoms with Gasteiger partial charge in [-0.3, -0.25) is 0 Å². The smallest absolute Gasteiger partial charge is 0.307 e. The molecule has 2 amide bonds. The Morgan fingerprint density at radius 3 is 2.59 bits per heavy atom. The van der Waals surface area contributed by atoms with Crippen LogP contribution in [0.15, 0.2) is 58.1 Å². The maximum Gasteiger partial charge on any atom is 0.339 e. The van der Waals surface area contributed by atoms with E-state index in [9.17, 15) is 4.79 Å². The third-order valence-electron chi connectivity index (χ3n) is 3.91. The molecule has 0 radical (unpaired) electrons. The zero-order chi connectivity index (χ0) is 19.4. The van der Waals surface area contributed by atoms with Gasteiger partial charge in [-0.15, -0.1) is 5.10 Å². The van der Waals surface area contributed by atoms with Gasteiger partial charge in [0.2, 0.25) is 0 Å². The van der Waals surface area contributed by atoms with Gasteiger partial charge in [0.1, 0.15) is 5.69 Å². The molecule has 0 saturated carbocycles. The highest BCUT2D eigenvalue weighted by molar-refractivity contribution is 9.10. The lowest BCUT2D eigenvalue weighted by molar-refractivity contribution is 0.252. The van der Waals surface area contributed by atoms with E-state index in [-0.39, 0.29) is 0 Å². The predicted molar refractivity (Wildman–Crippen MR) is 109 cm³/mol. The van der Waals surface area contributed by atoms with Crippen molar-refractivity contribution in [2.75, 3.05) is 5.32 Å². The van der Waals surface area contributed by atoms with Crippen molar-refractivity contribution in [3.05, 3.63) is 70.0 Å². The minimum absolute atomic E-state index is 0.419. The van der Waals surface area contributed by atoms with Gasteiger partial charge in [0.25, 0.3) is 0 Å². The molecule has 0 aliphatic carbocycles. The second-order valence-corrected chi connectivity index (χ2v) is 6.96. The Kier molecular flexibility index (Phi) is 5.66. The summed E-state index contributed by atoms with van der Waals surface area (Å²) in [5.41, 5.74) is 7.17. The monoisotopic (exact) mass is 426 g/mol. The molecular weight excluding hydrogens is 408 g/mol. The lowest BCUT2D eigenvalue weighted by atomic mass is 10.2. The van der Waals surface area contributed by atoms with E-state index in [0.29, 0.717) is 17.1 Å². The van der Waals surface area contributed by atoms with Crippen molar-refractivity contribution in [2.24, 2.45) is 5.10 Å². The summed E-state index contributed by atoms with van der Waals surface area (Å²) in [5.74, 6) is 0. The molecule has 0 fully saturated rings. The number of carbonyl (C=O) groups is 1. The molecule has 27 heavy (non-hydrogen) atoms. The standard InChI is InChI=1S/C19H19BrN6O/c1-12-5-4-6-16(11-12)21-19(27)24-22-13(2)18-14(3)26(25-23-18)17-9-7-15(20)8-10-17/h4-11H,1-3H3,(H2,21,24,27)/b22-13+. The molecule has 0 atom stereocenters. The predicted octanol–water partition coefficient (Wildman–Crippen LogP) is 4.19. The van der Waals surface area contributed by atoms with Crippen LogP contribution in [0.5, 0.6) is 0 Å². The first-order valence-corrected chi connectivity index (χ1v) is 9.10. The topological polar surface area (TPSA) is 84.2 Å². The molecule has 138 valence electrons. The van der Waals surface area contributed by atoms with Crippen LogP contribution >= 0.6 is 15.9 Å². The van der Waals surface area contributed by atoms with E-state index < -0.39 is 6.03 Å². The van der Waals surface area contributed by atoms with Gasteiger partial charge in [-0.25, -0.2) is 14.9 Å². The van der Waals surface area contributed by atoms with Crippen LogP contribution in [0.25, 0.3) is 5.69 Å². The molecule has 3 rings (SSSR count). The maximum atomic E-state index is 12.0. The summed E-state index contributed by atoms with van der Waals surface area (Å²) in [6, 6.07) is 14.9. The number of hydrogen-bond acceptors (Lipinski definition) is 4. The Morgan fingerprint density at radius 2 is 1.89 bits per heavy atom. The van der Waals surface area contributed by atoms with Gasteiger partial charge < -0.3 is 5.32 Å². The largest absolute Gasteiger partial charge is 0.339 e. The van der Waals surface area contributed by atoms with Gasteiger partial charge in [-0.2, -0.15) is 5.10 Å². The van der Waals surface area contributed by atoms with Crippen molar-refractivity contribution in [2.45, 2.75) is 20.8 Å². The van der Waals surface area contributed by atoms with Crippen LogP contribution in [0.4, 0.5) is 10.5 Å². The van der Waals surface area contributed by atoms with Gasteiger partial charge in [-0.1, -0.05) is 33.3 Å². The average molecular weight is 427 g/mol. The highest BCUT2D eigenvalue weighted by Gasteiger charge is 2.13. The van der Waals surface area contributed by atoms with Gasteiger partial charge in [0.15, 0.2) is 0 Å². The number of halogens is 1. The fourth-order valence-corrected chi connectivity index (χ4v) is 2.82. The molecular formula is C19H19BrN6O. The molecule has 1 aromatic heterocycles. The molecule has 0 bridgehead atoms. The van der Waals surface area contributed by atoms with Gasteiger partial charge in [0, 0.05) is 10.2 Å². The molecule has 2 N–H and O–H groups in total. The number of benzene rings is 2. The summed E-state index contributed by atoms with van der Waals surface area (Å²) in [6.45, 7) is 5.64. The summed E-state index contributed by atoms with van der Waals surface area (Å²) >= 11 is 3.42. The molecule has 0 saturated heterocycles. The second-order valence-electron chi connectivity index (χ2n) is 6.04. The number of hydrazone groups is 1. The average Bonchev–Trinajstić information content (AvgIpc) is 3.02. The molecule has 2 aromatic carbocycles. The Balaban J connectivity index is 1.71. The fourth-order valence-electron chi connectivity index (χ4n) is 2.56. The van der Waals surface area contributed by atoms with Crippen molar-refractivity contribution in [3.8, 4) is 5.69 Å². The number of nitrogens with one attached hydrogen (secondary N) is 2. The van der Waals surface area contributed by atoms with Crippen LogP contribution < -0.4 is 10.7 Å². The summed E-state index contributed by atoms with van der Waals surface area (Å²) in [7, 11) is 0. The molecule has 1 heterocycles. The second kappa shape index (κ2) is 8.13.